The molecule has 3 heterocycles. The monoisotopic (exact) mass is 277 g/mol. The quantitative estimate of drug-likeness (QED) is 0.836. The van der Waals surface area contributed by atoms with Crippen molar-refractivity contribution in [3.63, 3.8) is 0 Å². The summed E-state index contributed by atoms with van der Waals surface area (Å²) in [5, 5.41) is 0. The van der Waals surface area contributed by atoms with E-state index in [1.165, 1.54) is 0 Å². The molecule has 0 spiro atoms. The molecule has 1 aromatic heterocycles. The Balaban J connectivity index is 1.79. The van der Waals surface area contributed by atoms with Gasteiger partial charge in [-0.05, 0) is 7.05 Å². The number of rotatable bonds is 2. The van der Waals surface area contributed by atoms with Gasteiger partial charge in [-0.25, -0.2) is 4.98 Å². The topological polar surface area (TPSA) is 57.9 Å². The second-order valence-electron chi connectivity index (χ2n) is 5.51. The zero-order valence-corrected chi connectivity index (χ0v) is 12.1. The molecule has 6 heteroatoms. The Labute approximate surface area is 120 Å². The van der Waals surface area contributed by atoms with Gasteiger partial charge in [-0.2, -0.15) is 0 Å². The first kappa shape index (κ1) is 13.5. The standard InChI is InChI=1S/C14H23N5O/c1-17-2-4-18(5-3-17)13-10-12(15)11-14(16-13)19-6-8-20-9-7-19/h10-11H,2-9H2,1H3,(H2,15,16). The van der Waals surface area contributed by atoms with Crippen LogP contribution in [0.4, 0.5) is 17.3 Å². The number of aromatic nitrogens is 1. The summed E-state index contributed by atoms with van der Waals surface area (Å²) < 4.78 is 5.39. The number of nitrogens with two attached hydrogens (primary N) is 1. The van der Waals surface area contributed by atoms with Gasteiger partial charge in [0.15, 0.2) is 0 Å². The third-order valence-electron chi connectivity index (χ3n) is 3.98. The Hall–Kier alpha value is -1.53. The summed E-state index contributed by atoms with van der Waals surface area (Å²) in [5.41, 5.74) is 6.85. The fraction of sp³-hybridized carbons (Fsp3) is 0.643. The van der Waals surface area contributed by atoms with E-state index < -0.39 is 0 Å². The third kappa shape index (κ3) is 2.96. The van der Waals surface area contributed by atoms with Crippen molar-refractivity contribution in [3.05, 3.63) is 12.1 Å². The number of likely N-dealkylation sites (N-methyl/N-ethyl adjacent to an activating group) is 1. The molecule has 2 aliphatic rings. The number of hydrogen-bond acceptors (Lipinski definition) is 6. The van der Waals surface area contributed by atoms with Crippen LogP contribution in [0.25, 0.3) is 0 Å². The van der Waals surface area contributed by atoms with Gasteiger partial charge in [-0.3, -0.25) is 0 Å². The zero-order chi connectivity index (χ0) is 13.9. The van der Waals surface area contributed by atoms with Gasteiger partial charge < -0.3 is 25.2 Å². The summed E-state index contributed by atoms with van der Waals surface area (Å²) in [5.74, 6) is 1.97. The molecule has 0 bridgehead atoms. The highest BCUT2D eigenvalue weighted by Gasteiger charge is 2.18. The van der Waals surface area contributed by atoms with Crippen LogP contribution in [-0.4, -0.2) is 69.4 Å². The van der Waals surface area contributed by atoms with Crippen molar-refractivity contribution in [2.45, 2.75) is 0 Å². The smallest absolute Gasteiger partial charge is 0.133 e. The van der Waals surface area contributed by atoms with Crippen LogP contribution in [-0.2, 0) is 4.74 Å². The number of morpholine rings is 1. The largest absolute Gasteiger partial charge is 0.399 e. The van der Waals surface area contributed by atoms with Crippen molar-refractivity contribution in [3.8, 4) is 0 Å². The number of piperazine rings is 1. The van der Waals surface area contributed by atoms with Gasteiger partial charge in [0.25, 0.3) is 0 Å². The fourth-order valence-electron chi connectivity index (χ4n) is 2.67. The summed E-state index contributed by atoms with van der Waals surface area (Å²) in [6.07, 6.45) is 0. The van der Waals surface area contributed by atoms with Gasteiger partial charge in [0.05, 0.1) is 13.2 Å². The van der Waals surface area contributed by atoms with Gasteiger partial charge in [0, 0.05) is 57.1 Å². The first-order chi connectivity index (χ1) is 9.72. The minimum atomic E-state index is 0.764. The van der Waals surface area contributed by atoms with E-state index in [1.807, 2.05) is 12.1 Å². The van der Waals surface area contributed by atoms with Crippen molar-refractivity contribution in [2.75, 3.05) is 75.1 Å². The van der Waals surface area contributed by atoms with Crippen LogP contribution in [0.2, 0.25) is 0 Å². The number of pyridine rings is 1. The molecular formula is C14H23N5O. The molecule has 2 aliphatic heterocycles. The number of ether oxygens (including phenoxy) is 1. The van der Waals surface area contributed by atoms with Crippen molar-refractivity contribution in [1.29, 1.82) is 0 Å². The highest BCUT2D eigenvalue weighted by atomic mass is 16.5. The lowest BCUT2D eigenvalue weighted by Crippen LogP contribution is -2.45. The van der Waals surface area contributed by atoms with Crippen molar-refractivity contribution in [2.24, 2.45) is 0 Å². The fourth-order valence-corrected chi connectivity index (χ4v) is 2.67. The Kier molecular flexibility index (Phi) is 3.93. The Morgan fingerprint density at radius 3 is 2.10 bits per heavy atom. The van der Waals surface area contributed by atoms with E-state index in [9.17, 15) is 0 Å². The molecule has 0 aliphatic carbocycles. The summed E-state index contributed by atoms with van der Waals surface area (Å²) >= 11 is 0. The van der Waals surface area contributed by atoms with Crippen LogP contribution in [0.1, 0.15) is 0 Å². The average Bonchev–Trinajstić information content (AvgIpc) is 2.48. The molecule has 2 saturated heterocycles. The predicted molar refractivity (Wildman–Crippen MR) is 81.4 cm³/mol. The molecule has 0 radical (unpaired) electrons. The molecule has 2 N–H and O–H groups in total. The molecule has 3 rings (SSSR count). The molecule has 110 valence electrons. The summed E-state index contributed by atoms with van der Waals surface area (Å²) in [6, 6.07) is 3.94. The summed E-state index contributed by atoms with van der Waals surface area (Å²) in [6.45, 7) is 7.47. The van der Waals surface area contributed by atoms with Gasteiger partial charge in [0.2, 0.25) is 0 Å². The Bertz CT molecular complexity index is 453. The molecule has 0 unspecified atom stereocenters. The lowest BCUT2D eigenvalue weighted by molar-refractivity contribution is 0.122. The van der Waals surface area contributed by atoms with E-state index in [0.29, 0.717) is 0 Å². The van der Waals surface area contributed by atoms with Gasteiger partial charge >= 0.3 is 0 Å². The van der Waals surface area contributed by atoms with E-state index in [2.05, 4.69) is 21.7 Å². The van der Waals surface area contributed by atoms with Crippen LogP contribution in [0.5, 0.6) is 0 Å². The van der Waals surface area contributed by atoms with Gasteiger partial charge in [-0.1, -0.05) is 0 Å². The van der Waals surface area contributed by atoms with Gasteiger partial charge in [0.1, 0.15) is 11.6 Å². The molecule has 0 atom stereocenters. The summed E-state index contributed by atoms with van der Waals surface area (Å²) in [4.78, 5) is 11.7. The Morgan fingerprint density at radius 2 is 1.50 bits per heavy atom. The lowest BCUT2D eigenvalue weighted by atomic mass is 10.3. The van der Waals surface area contributed by atoms with E-state index in [-0.39, 0.29) is 0 Å². The maximum absolute atomic E-state index is 6.07. The van der Waals surface area contributed by atoms with E-state index in [4.69, 9.17) is 15.5 Å². The second-order valence-corrected chi connectivity index (χ2v) is 5.51. The highest BCUT2D eigenvalue weighted by Crippen LogP contribution is 2.23. The SMILES string of the molecule is CN1CCN(c2cc(N)cc(N3CCOCC3)n2)CC1. The van der Waals surface area contributed by atoms with Crippen molar-refractivity contribution < 1.29 is 4.74 Å². The maximum atomic E-state index is 6.07. The van der Waals surface area contributed by atoms with Gasteiger partial charge in [-0.15, -0.1) is 0 Å². The summed E-state index contributed by atoms with van der Waals surface area (Å²) in [7, 11) is 2.16. The molecule has 0 saturated carbocycles. The minimum absolute atomic E-state index is 0.764. The maximum Gasteiger partial charge on any atom is 0.133 e. The second kappa shape index (κ2) is 5.85. The minimum Gasteiger partial charge on any atom is -0.399 e. The third-order valence-corrected chi connectivity index (χ3v) is 3.98. The van der Waals surface area contributed by atoms with Crippen LogP contribution in [0.3, 0.4) is 0 Å². The normalized spacial score (nSPS) is 21.2. The lowest BCUT2D eigenvalue weighted by Gasteiger charge is -2.34. The number of nitrogens with zero attached hydrogens (tertiary/aromatic N) is 4. The molecular weight excluding hydrogens is 254 g/mol. The average molecular weight is 277 g/mol. The highest BCUT2D eigenvalue weighted by molar-refractivity contribution is 5.60. The molecule has 0 aromatic carbocycles. The molecule has 2 fully saturated rings. The number of hydrogen-bond donors (Lipinski definition) is 1. The van der Waals surface area contributed by atoms with Crippen molar-refractivity contribution in [1.82, 2.24) is 9.88 Å². The van der Waals surface area contributed by atoms with E-state index in [1.54, 1.807) is 0 Å². The first-order valence-electron chi connectivity index (χ1n) is 7.26. The predicted octanol–water partition coefficient (Wildman–Crippen LogP) is 0.252. The molecule has 6 nitrogen and oxygen atoms in total. The van der Waals surface area contributed by atoms with E-state index >= 15 is 0 Å². The van der Waals surface area contributed by atoms with Crippen LogP contribution >= 0.6 is 0 Å². The van der Waals surface area contributed by atoms with E-state index in [0.717, 1.165) is 69.8 Å². The Morgan fingerprint density at radius 1 is 0.950 bits per heavy atom. The number of anilines is 3. The van der Waals surface area contributed by atoms with Crippen LogP contribution in [0.15, 0.2) is 12.1 Å². The number of nitrogen functional groups attached to an aromatic ring is 1. The van der Waals surface area contributed by atoms with Crippen LogP contribution in [0, 0.1) is 0 Å². The van der Waals surface area contributed by atoms with Crippen LogP contribution < -0.4 is 15.5 Å². The molecule has 1 aromatic rings. The zero-order valence-electron chi connectivity index (χ0n) is 12.1. The molecule has 0 amide bonds. The first-order valence-corrected chi connectivity index (χ1v) is 7.26. The van der Waals surface area contributed by atoms with Crippen molar-refractivity contribution >= 4 is 17.3 Å². The molecule has 20 heavy (non-hydrogen) atoms.